The molecular weight excluding hydrogens is 244 g/mol. The fourth-order valence-electron chi connectivity index (χ4n) is 3.13. The number of rotatable bonds is 8. The maximum Gasteiger partial charge on any atom is 0.00217 e. The van der Waals surface area contributed by atoms with Gasteiger partial charge in [-0.15, -0.1) is 0 Å². The molecule has 1 atom stereocenters. The lowest BCUT2D eigenvalue weighted by Gasteiger charge is -2.29. The number of hydrogen-bond donors (Lipinski definition) is 1. The second kappa shape index (κ2) is 9.15. The molecular formula is C18H30N2. The summed E-state index contributed by atoms with van der Waals surface area (Å²) < 4.78 is 0. The molecule has 1 aromatic rings. The summed E-state index contributed by atoms with van der Waals surface area (Å²) in [5, 5.41) is 3.53. The van der Waals surface area contributed by atoms with Crippen molar-refractivity contribution in [3.8, 4) is 0 Å². The van der Waals surface area contributed by atoms with Crippen LogP contribution in [0.5, 0.6) is 0 Å². The minimum Gasteiger partial charge on any atom is -0.316 e. The summed E-state index contributed by atoms with van der Waals surface area (Å²) in [7, 11) is 0. The van der Waals surface area contributed by atoms with Crippen LogP contribution in [0.3, 0.4) is 0 Å². The van der Waals surface area contributed by atoms with Crippen LogP contribution in [0.1, 0.15) is 38.2 Å². The summed E-state index contributed by atoms with van der Waals surface area (Å²) in [4.78, 5) is 2.64. The Morgan fingerprint density at radius 3 is 2.75 bits per heavy atom. The van der Waals surface area contributed by atoms with E-state index in [-0.39, 0.29) is 0 Å². The topological polar surface area (TPSA) is 15.3 Å². The van der Waals surface area contributed by atoms with E-state index in [2.05, 4.69) is 47.5 Å². The molecule has 1 aliphatic rings. The van der Waals surface area contributed by atoms with Crippen molar-refractivity contribution >= 4 is 0 Å². The summed E-state index contributed by atoms with van der Waals surface area (Å²) >= 11 is 0. The third-order valence-corrected chi connectivity index (χ3v) is 4.40. The molecule has 2 nitrogen and oxygen atoms in total. The van der Waals surface area contributed by atoms with Gasteiger partial charge in [0.15, 0.2) is 0 Å². The van der Waals surface area contributed by atoms with E-state index in [9.17, 15) is 0 Å². The molecule has 2 rings (SSSR count). The van der Waals surface area contributed by atoms with Crippen molar-refractivity contribution in [2.75, 3.05) is 32.7 Å². The Labute approximate surface area is 124 Å². The standard InChI is InChI=1S/C18H30N2/c1-2-20(16-18-12-8-13-19-15-18)14-7-6-11-17-9-4-3-5-10-17/h3-5,9-10,18-19H,2,6-8,11-16H2,1H3. The molecule has 0 spiro atoms. The summed E-state index contributed by atoms with van der Waals surface area (Å²) in [6, 6.07) is 10.9. The van der Waals surface area contributed by atoms with E-state index >= 15 is 0 Å². The van der Waals surface area contributed by atoms with Crippen LogP contribution in [-0.2, 0) is 6.42 Å². The van der Waals surface area contributed by atoms with Gasteiger partial charge in [-0.25, -0.2) is 0 Å². The van der Waals surface area contributed by atoms with Crippen LogP contribution >= 0.6 is 0 Å². The quantitative estimate of drug-likeness (QED) is 0.732. The number of benzene rings is 1. The first-order valence-electron chi connectivity index (χ1n) is 8.35. The van der Waals surface area contributed by atoms with Crippen molar-refractivity contribution < 1.29 is 0 Å². The SMILES string of the molecule is CCN(CCCCc1ccccc1)CC1CCCNC1. The zero-order valence-electron chi connectivity index (χ0n) is 13.0. The Kier molecular flexibility index (Phi) is 7.10. The minimum atomic E-state index is 0.873. The monoisotopic (exact) mass is 274 g/mol. The van der Waals surface area contributed by atoms with Gasteiger partial charge in [-0.2, -0.15) is 0 Å². The highest BCUT2D eigenvalue weighted by Gasteiger charge is 2.15. The predicted octanol–water partition coefficient (Wildman–Crippen LogP) is 3.33. The maximum absolute atomic E-state index is 3.53. The van der Waals surface area contributed by atoms with Crippen LogP contribution < -0.4 is 5.32 Å². The van der Waals surface area contributed by atoms with Crippen LogP contribution in [-0.4, -0.2) is 37.6 Å². The van der Waals surface area contributed by atoms with Gasteiger partial charge in [-0.3, -0.25) is 0 Å². The molecule has 1 N–H and O–H groups in total. The number of hydrogen-bond acceptors (Lipinski definition) is 2. The van der Waals surface area contributed by atoms with Crippen LogP contribution in [0.15, 0.2) is 30.3 Å². The Balaban J connectivity index is 1.61. The van der Waals surface area contributed by atoms with Crippen molar-refractivity contribution in [2.45, 2.75) is 39.0 Å². The molecule has 112 valence electrons. The van der Waals surface area contributed by atoms with E-state index < -0.39 is 0 Å². The predicted molar refractivity (Wildman–Crippen MR) is 87.1 cm³/mol. The molecule has 0 saturated carbocycles. The lowest BCUT2D eigenvalue weighted by molar-refractivity contribution is 0.213. The second-order valence-corrected chi connectivity index (χ2v) is 6.05. The smallest absolute Gasteiger partial charge is 0.00217 e. The molecule has 1 saturated heterocycles. The largest absolute Gasteiger partial charge is 0.316 e. The Morgan fingerprint density at radius 1 is 1.20 bits per heavy atom. The van der Waals surface area contributed by atoms with Gasteiger partial charge in [0, 0.05) is 6.54 Å². The molecule has 1 fully saturated rings. The molecule has 1 heterocycles. The number of aryl methyl sites for hydroxylation is 1. The first kappa shape index (κ1) is 15.5. The Morgan fingerprint density at radius 2 is 2.05 bits per heavy atom. The van der Waals surface area contributed by atoms with E-state index in [0.717, 1.165) is 5.92 Å². The van der Waals surface area contributed by atoms with Gasteiger partial charge in [0.25, 0.3) is 0 Å². The summed E-state index contributed by atoms with van der Waals surface area (Å²) in [5.41, 5.74) is 1.48. The summed E-state index contributed by atoms with van der Waals surface area (Å²) in [6.45, 7) is 8.49. The van der Waals surface area contributed by atoms with E-state index in [0.29, 0.717) is 0 Å². The zero-order valence-corrected chi connectivity index (χ0v) is 13.0. The number of unbranched alkanes of at least 4 members (excludes halogenated alkanes) is 1. The van der Waals surface area contributed by atoms with Gasteiger partial charge < -0.3 is 10.2 Å². The van der Waals surface area contributed by atoms with Gasteiger partial charge in [-0.05, 0) is 69.8 Å². The Bertz CT molecular complexity index is 344. The average Bonchev–Trinajstić information content (AvgIpc) is 2.52. The Hall–Kier alpha value is -0.860. The van der Waals surface area contributed by atoms with E-state index in [4.69, 9.17) is 0 Å². The van der Waals surface area contributed by atoms with E-state index in [1.807, 2.05) is 0 Å². The van der Waals surface area contributed by atoms with Crippen molar-refractivity contribution in [3.63, 3.8) is 0 Å². The molecule has 0 radical (unpaired) electrons. The van der Waals surface area contributed by atoms with Gasteiger partial charge in [0.05, 0.1) is 0 Å². The number of nitrogens with zero attached hydrogens (tertiary/aromatic N) is 1. The van der Waals surface area contributed by atoms with Gasteiger partial charge in [-0.1, -0.05) is 37.3 Å². The first-order valence-corrected chi connectivity index (χ1v) is 8.35. The van der Waals surface area contributed by atoms with Crippen LogP contribution in [0.2, 0.25) is 0 Å². The molecule has 0 bridgehead atoms. The summed E-state index contributed by atoms with van der Waals surface area (Å²) in [6.07, 6.45) is 6.62. The molecule has 1 aromatic carbocycles. The van der Waals surface area contributed by atoms with Gasteiger partial charge in [0.2, 0.25) is 0 Å². The lowest BCUT2D eigenvalue weighted by atomic mass is 9.99. The van der Waals surface area contributed by atoms with Crippen LogP contribution in [0, 0.1) is 5.92 Å². The number of nitrogens with one attached hydrogen (secondary N) is 1. The maximum atomic E-state index is 3.53. The molecule has 1 unspecified atom stereocenters. The normalized spacial score (nSPS) is 19.4. The van der Waals surface area contributed by atoms with Crippen molar-refractivity contribution in [1.29, 1.82) is 0 Å². The third kappa shape index (κ3) is 5.64. The average molecular weight is 274 g/mol. The molecule has 0 aliphatic carbocycles. The van der Waals surface area contributed by atoms with Crippen molar-refractivity contribution in [1.82, 2.24) is 10.2 Å². The van der Waals surface area contributed by atoms with E-state index in [1.165, 1.54) is 70.4 Å². The third-order valence-electron chi connectivity index (χ3n) is 4.40. The number of piperidine rings is 1. The van der Waals surface area contributed by atoms with Gasteiger partial charge in [0.1, 0.15) is 0 Å². The molecule has 0 aromatic heterocycles. The highest BCUT2D eigenvalue weighted by Crippen LogP contribution is 2.12. The fourth-order valence-corrected chi connectivity index (χ4v) is 3.13. The van der Waals surface area contributed by atoms with Crippen LogP contribution in [0.4, 0.5) is 0 Å². The zero-order chi connectivity index (χ0) is 14.0. The van der Waals surface area contributed by atoms with Crippen molar-refractivity contribution in [3.05, 3.63) is 35.9 Å². The fraction of sp³-hybridized carbons (Fsp3) is 0.667. The van der Waals surface area contributed by atoms with Crippen LogP contribution in [0.25, 0.3) is 0 Å². The molecule has 2 heteroatoms. The molecule has 20 heavy (non-hydrogen) atoms. The van der Waals surface area contributed by atoms with Gasteiger partial charge >= 0.3 is 0 Å². The minimum absolute atomic E-state index is 0.873. The molecule has 1 aliphatic heterocycles. The molecule has 0 amide bonds. The first-order chi connectivity index (χ1) is 9.88. The van der Waals surface area contributed by atoms with E-state index in [1.54, 1.807) is 0 Å². The van der Waals surface area contributed by atoms with Crippen molar-refractivity contribution in [2.24, 2.45) is 5.92 Å². The highest BCUT2D eigenvalue weighted by molar-refractivity contribution is 5.14. The highest BCUT2D eigenvalue weighted by atomic mass is 15.1. The lowest BCUT2D eigenvalue weighted by Crippen LogP contribution is -2.38. The summed E-state index contributed by atoms with van der Waals surface area (Å²) in [5.74, 6) is 0.873. The second-order valence-electron chi connectivity index (χ2n) is 6.05.